The van der Waals surface area contributed by atoms with E-state index in [1.54, 1.807) is 6.07 Å². The molecule has 0 saturated carbocycles. The van der Waals surface area contributed by atoms with E-state index in [9.17, 15) is 0 Å². The van der Waals surface area contributed by atoms with E-state index in [0.717, 1.165) is 23.1 Å². The average molecular weight is 279 g/mol. The number of hydrogen-bond donors (Lipinski definition) is 1. The smallest absolute Gasteiger partial charge is 0.182 e. The van der Waals surface area contributed by atoms with E-state index in [2.05, 4.69) is 42.2 Å². The second-order valence-electron chi connectivity index (χ2n) is 4.63. The number of hydrogen-bond acceptors (Lipinski definition) is 2. The number of H-pyrrole nitrogens is 1. The van der Waals surface area contributed by atoms with Gasteiger partial charge >= 0.3 is 0 Å². The molecule has 98 valence electrons. The summed E-state index contributed by atoms with van der Waals surface area (Å²) in [5, 5.41) is 9.04. The van der Waals surface area contributed by atoms with Crippen molar-refractivity contribution in [3.8, 4) is 11.8 Å². The van der Waals surface area contributed by atoms with Crippen LogP contribution in [-0.2, 0) is 6.42 Å². The lowest BCUT2D eigenvalue weighted by Gasteiger charge is -2.05. The highest BCUT2D eigenvalue weighted by atomic mass is 32.1. The Balaban J connectivity index is 2.26. The Morgan fingerprint density at radius 1 is 1.20 bits per heavy atom. The van der Waals surface area contributed by atoms with Crippen LogP contribution in [0.5, 0.6) is 0 Å². The number of nitrogens with one attached hydrogen (secondary N) is 1. The minimum Gasteiger partial charge on any atom is -0.330 e. The number of fused-ring (bicyclic) bond motifs is 1. The van der Waals surface area contributed by atoms with Gasteiger partial charge in [-0.25, -0.2) is 0 Å². The molecule has 0 aliphatic heterocycles. The third-order valence-corrected chi connectivity index (χ3v) is 3.70. The Morgan fingerprint density at radius 3 is 2.60 bits per heavy atom. The lowest BCUT2D eigenvalue weighted by atomic mass is 10.1. The number of aromatic amines is 1. The summed E-state index contributed by atoms with van der Waals surface area (Å²) in [7, 11) is 0. The van der Waals surface area contributed by atoms with Crippen molar-refractivity contribution < 1.29 is 0 Å². The number of imidazole rings is 1. The summed E-state index contributed by atoms with van der Waals surface area (Å²) in [5.41, 5.74) is 4.80. The third-order valence-electron chi connectivity index (χ3n) is 3.42. The molecule has 1 N–H and O–H groups in total. The van der Waals surface area contributed by atoms with Crippen LogP contribution in [0.2, 0.25) is 0 Å². The molecule has 0 radical (unpaired) electrons. The van der Waals surface area contributed by atoms with Crippen molar-refractivity contribution in [3.05, 3.63) is 58.4 Å². The lowest BCUT2D eigenvalue weighted by molar-refractivity contribution is 1.05. The molecule has 0 bridgehead atoms. The van der Waals surface area contributed by atoms with Gasteiger partial charge < -0.3 is 4.98 Å². The minimum atomic E-state index is 0.630. The molecule has 4 heteroatoms. The van der Waals surface area contributed by atoms with Crippen molar-refractivity contribution in [2.75, 3.05) is 0 Å². The zero-order valence-electron chi connectivity index (χ0n) is 11.1. The first-order valence-corrected chi connectivity index (χ1v) is 6.88. The summed E-state index contributed by atoms with van der Waals surface area (Å²) < 4.78 is 2.60. The zero-order valence-corrected chi connectivity index (χ0v) is 11.9. The van der Waals surface area contributed by atoms with Crippen LogP contribution in [0, 0.1) is 16.1 Å². The van der Waals surface area contributed by atoms with E-state index in [0.29, 0.717) is 10.3 Å². The molecular weight excluding hydrogens is 266 g/mol. The Labute approximate surface area is 122 Å². The molecule has 0 unspecified atom stereocenters. The van der Waals surface area contributed by atoms with Crippen LogP contribution in [-0.4, -0.2) is 9.55 Å². The highest BCUT2D eigenvalue weighted by Gasteiger charge is 2.07. The van der Waals surface area contributed by atoms with Crippen LogP contribution in [0.25, 0.3) is 16.7 Å². The van der Waals surface area contributed by atoms with Crippen LogP contribution in [0.1, 0.15) is 18.1 Å². The second kappa shape index (κ2) is 4.95. The van der Waals surface area contributed by atoms with Gasteiger partial charge in [0.25, 0.3) is 0 Å². The summed E-state index contributed by atoms with van der Waals surface area (Å²) in [6.45, 7) is 2.13. The predicted octanol–water partition coefficient (Wildman–Crippen LogP) is 4.12. The molecule has 0 saturated heterocycles. The molecule has 3 rings (SSSR count). The summed E-state index contributed by atoms with van der Waals surface area (Å²) in [6.07, 6.45) is 1.01. The van der Waals surface area contributed by atoms with Gasteiger partial charge in [-0.1, -0.05) is 19.1 Å². The SMILES string of the molecule is CCc1ccc(-n2c(=S)[nH]c3ccc(C#N)cc32)cc1. The number of rotatable bonds is 2. The molecule has 3 nitrogen and oxygen atoms in total. The fourth-order valence-electron chi connectivity index (χ4n) is 2.31. The Morgan fingerprint density at radius 2 is 1.95 bits per heavy atom. The highest BCUT2D eigenvalue weighted by molar-refractivity contribution is 7.71. The van der Waals surface area contributed by atoms with Gasteiger partial charge in [0, 0.05) is 5.69 Å². The Bertz CT molecular complexity index is 863. The molecule has 3 aromatic rings. The van der Waals surface area contributed by atoms with Crippen LogP contribution in [0.4, 0.5) is 0 Å². The number of aromatic nitrogens is 2. The summed E-state index contributed by atoms with van der Waals surface area (Å²) in [5.74, 6) is 0. The molecule has 2 aromatic carbocycles. The topological polar surface area (TPSA) is 44.5 Å². The fourth-order valence-corrected chi connectivity index (χ4v) is 2.62. The standard InChI is InChI=1S/C16H13N3S/c1-2-11-3-6-13(7-4-11)19-15-9-12(10-17)5-8-14(15)18-16(19)20/h3-9H,2H2,1H3,(H,18,20). The first-order chi connectivity index (χ1) is 9.72. The maximum absolute atomic E-state index is 9.04. The number of nitriles is 1. The summed E-state index contributed by atoms with van der Waals surface area (Å²) in [4.78, 5) is 3.17. The van der Waals surface area contributed by atoms with Gasteiger partial charge in [0.05, 0.1) is 22.7 Å². The Kier molecular flexibility index (Phi) is 3.13. The molecule has 0 amide bonds. The van der Waals surface area contributed by atoms with E-state index in [-0.39, 0.29) is 0 Å². The first-order valence-electron chi connectivity index (χ1n) is 6.47. The molecule has 0 aliphatic carbocycles. The largest absolute Gasteiger partial charge is 0.330 e. The van der Waals surface area contributed by atoms with E-state index in [4.69, 9.17) is 17.5 Å². The van der Waals surface area contributed by atoms with Crippen molar-refractivity contribution in [2.45, 2.75) is 13.3 Å². The molecule has 0 aliphatic rings. The van der Waals surface area contributed by atoms with Crippen molar-refractivity contribution in [3.63, 3.8) is 0 Å². The average Bonchev–Trinajstić information content (AvgIpc) is 2.82. The second-order valence-corrected chi connectivity index (χ2v) is 5.02. The monoisotopic (exact) mass is 279 g/mol. The van der Waals surface area contributed by atoms with Gasteiger partial charge in [0.15, 0.2) is 4.77 Å². The third kappa shape index (κ3) is 2.02. The van der Waals surface area contributed by atoms with Gasteiger partial charge in [0.2, 0.25) is 0 Å². The molecule has 1 heterocycles. The van der Waals surface area contributed by atoms with E-state index in [1.165, 1.54) is 5.56 Å². The number of benzene rings is 2. The van der Waals surface area contributed by atoms with Crippen molar-refractivity contribution in [1.82, 2.24) is 9.55 Å². The van der Waals surface area contributed by atoms with E-state index >= 15 is 0 Å². The maximum atomic E-state index is 9.04. The maximum Gasteiger partial charge on any atom is 0.182 e. The van der Waals surface area contributed by atoms with Crippen molar-refractivity contribution >= 4 is 23.3 Å². The van der Waals surface area contributed by atoms with Gasteiger partial charge in [-0.3, -0.25) is 4.57 Å². The highest BCUT2D eigenvalue weighted by Crippen LogP contribution is 2.21. The minimum absolute atomic E-state index is 0.630. The summed E-state index contributed by atoms with van der Waals surface area (Å²) in [6, 6.07) is 16.0. The normalized spacial score (nSPS) is 10.6. The predicted molar refractivity (Wildman–Crippen MR) is 82.6 cm³/mol. The van der Waals surface area contributed by atoms with E-state index in [1.807, 2.05) is 16.7 Å². The Hall–Kier alpha value is -2.38. The van der Waals surface area contributed by atoms with Crippen molar-refractivity contribution in [1.29, 1.82) is 5.26 Å². The number of nitrogens with zero attached hydrogens (tertiary/aromatic N) is 2. The molecule has 0 fully saturated rings. The zero-order chi connectivity index (χ0) is 14.1. The first kappa shape index (κ1) is 12.6. The van der Waals surface area contributed by atoms with Crippen molar-refractivity contribution in [2.24, 2.45) is 0 Å². The van der Waals surface area contributed by atoms with Gasteiger partial charge in [-0.2, -0.15) is 5.26 Å². The number of aryl methyl sites for hydroxylation is 1. The quantitative estimate of drug-likeness (QED) is 0.717. The molecule has 1 aromatic heterocycles. The lowest BCUT2D eigenvalue weighted by Crippen LogP contribution is -1.94. The van der Waals surface area contributed by atoms with Crippen LogP contribution in [0.15, 0.2) is 42.5 Å². The molecule has 0 spiro atoms. The van der Waals surface area contributed by atoms with Crippen LogP contribution >= 0.6 is 12.2 Å². The fraction of sp³-hybridized carbons (Fsp3) is 0.125. The van der Waals surface area contributed by atoms with Gasteiger partial charge in [-0.15, -0.1) is 0 Å². The molecule has 20 heavy (non-hydrogen) atoms. The van der Waals surface area contributed by atoms with Gasteiger partial charge in [-0.05, 0) is 54.5 Å². The van der Waals surface area contributed by atoms with Crippen LogP contribution in [0.3, 0.4) is 0 Å². The van der Waals surface area contributed by atoms with Gasteiger partial charge in [0.1, 0.15) is 0 Å². The molecule has 0 atom stereocenters. The summed E-state index contributed by atoms with van der Waals surface area (Å²) >= 11 is 5.40. The van der Waals surface area contributed by atoms with E-state index < -0.39 is 0 Å². The molecular formula is C16H13N3S. The van der Waals surface area contributed by atoms with Crippen LogP contribution < -0.4 is 0 Å².